The number of phosphoric acid groups is 2. The van der Waals surface area contributed by atoms with Crippen molar-refractivity contribution >= 4 is 39.5 Å². The van der Waals surface area contributed by atoms with Crippen LogP contribution in [0.4, 0.5) is 0 Å². The Kier molecular flexibility index (Phi) is 80.2. The van der Waals surface area contributed by atoms with Gasteiger partial charge in [0.15, 0.2) is 12.2 Å². The third-order valence-electron chi connectivity index (χ3n) is 21.0. The summed E-state index contributed by atoms with van der Waals surface area (Å²) in [5, 5.41) is 10.7. The Labute approximate surface area is 664 Å². The van der Waals surface area contributed by atoms with E-state index in [9.17, 15) is 43.2 Å². The van der Waals surface area contributed by atoms with E-state index in [4.69, 9.17) is 37.0 Å². The lowest BCUT2D eigenvalue weighted by atomic mass is 10.0. The Morgan fingerprint density at radius 3 is 0.630 bits per heavy atom. The molecule has 0 fully saturated rings. The predicted octanol–water partition coefficient (Wildman–Crippen LogP) is 27.5. The summed E-state index contributed by atoms with van der Waals surface area (Å²) in [5.41, 5.74) is 0. The highest BCUT2D eigenvalue weighted by Crippen LogP contribution is 2.45. The number of hydrogen-bond donors (Lipinski definition) is 3. The highest BCUT2D eigenvalue weighted by Gasteiger charge is 2.30. The number of esters is 4. The number of aliphatic hydroxyl groups is 1. The van der Waals surface area contributed by atoms with Gasteiger partial charge in [-0.1, -0.05) is 433 Å². The zero-order chi connectivity index (χ0) is 79.0. The van der Waals surface area contributed by atoms with Crippen LogP contribution in [0.1, 0.15) is 484 Å². The van der Waals surface area contributed by atoms with Crippen molar-refractivity contribution in [3.05, 3.63) is 0 Å². The van der Waals surface area contributed by atoms with Crippen molar-refractivity contribution < 1.29 is 80.2 Å². The second-order valence-corrected chi connectivity index (χ2v) is 35.4. The van der Waals surface area contributed by atoms with Gasteiger partial charge in [-0.2, -0.15) is 0 Å². The summed E-state index contributed by atoms with van der Waals surface area (Å²) in [6.07, 6.45) is 76.4. The smallest absolute Gasteiger partial charge is 0.462 e. The average Bonchev–Trinajstić information content (AvgIpc) is 0.936. The van der Waals surface area contributed by atoms with Gasteiger partial charge >= 0.3 is 39.5 Å². The molecule has 5 atom stereocenters. The summed E-state index contributed by atoms with van der Waals surface area (Å²) < 4.78 is 69.0. The molecule has 0 aliphatic rings. The Balaban J connectivity index is 5.23. The number of ether oxygens (including phenoxy) is 4. The lowest BCUT2D eigenvalue weighted by molar-refractivity contribution is -0.161. The molecule has 0 saturated heterocycles. The van der Waals surface area contributed by atoms with E-state index in [1.807, 2.05) is 0 Å². The van der Waals surface area contributed by atoms with E-state index in [0.717, 1.165) is 95.8 Å². The molecule has 0 rings (SSSR count). The summed E-state index contributed by atoms with van der Waals surface area (Å²) in [5.74, 6) is -1.27. The molecule has 0 aromatic carbocycles. The van der Waals surface area contributed by atoms with Crippen molar-refractivity contribution in [2.45, 2.75) is 502 Å². The topological polar surface area (TPSA) is 237 Å². The third kappa shape index (κ3) is 82.1. The van der Waals surface area contributed by atoms with Crippen LogP contribution in [0.2, 0.25) is 0 Å². The van der Waals surface area contributed by atoms with Crippen LogP contribution in [-0.2, 0) is 65.4 Å². The summed E-state index contributed by atoms with van der Waals surface area (Å²) in [6.45, 7) is 7.42. The molecule has 0 saturated carbocycles. The Bertz CT molecular complexity index is 2050. The summed E-state index contributed by atoms with van der Waals surface area (Å²) >= 11 is 0. The van der Waals surface area contributed by atoms with Gasteiger partial charge in [-0.05, 0) is 31.6 Å². The quantitative estimate of drug-likeness (QED) is 0.0222. The molecule has 0 heterocycles. The zero-order valence-electron chi connectivity index (χ0n) is 71.0. The first-order valence-electron chi connectivity index (χ1n) is 46.1. The molecule has 0 bridgehead atoms. The standard InChI is InChI=1S/C89H174O17P2/c1-6-9-12-15-18-21-24-27-29-30-31-32-33-37-40-44-48-53-58-63-68-73-87(92)100-79-85(106-89(94)75-70-65-60-55-50-45-41-38-35-34-36-39-42-46-51-56-61-66-71-82(4)5)81-104-108(97,98)102-77-83(90)76-101-107(95,96)103-80-84(78-99-86(91)72-67-62-57-52-47-26-23-20-17-14-11-8-3)105-88(93)74-69-64-59-54-49-43-28-25-22-19-16-13-10-7-2/h82-85,90H,6-81H2,1-5H3,(H,95,96)(H,97,98)/t83-,84+,85+/m0/s1. The highest BCUT2D eigenvalue weighted by molar-refractivity contribution is 7.47. The van der Waals surface area contributed by atoms with Crippen molar-refractivity contribution in [1.29, 1.82) is 0 Å². The second kappa shape index (κ2) is 81.6. The Morgan fingerprint density at radius 1 is 0.250 bits per heavy atom. The van der Waals surface area contributed by atoms with Crippen LogP contribution in [0, 0.1) is 5.92 Å². The van der Waals surface area contributed by atoms with Crippen LogP contribution in [-0.4, -0.2) is 96.7 Å². The van der Waals surface area contributed by atoms with Gasteiger partial charge in [-0.15, -0.1) is 0 Å². The average molecular weight is 1580 g/mol. The van der Waals surface area contributed by atoms with Crippen LogP contribution >= 0.6 is 15.6 Å². The fourth-order valence-electron chi connectivity index (χ4n) is 14.0. The molecule has 2 unspecified atom stereocenters. The molecule has 0 aromatic heterocycles. The molecule has 0 aromatic rings. The SMILES string of the molecule is CCCCCCCCCCCCCCCCCCCCCCCC(=O)OC[C@H](COP(=O)(O)OC[C@@H](O)COP(=O)(O)OC[C@@H](COC(=O)CCCCCCCCCCCCCC)OC(=O)CCCCCCCCCCCCCCCC)OC(=O)CCCCCCCCCCCCCCCCCCCCC(C)C. The minimum atomic E-state index is -4.97. The molecular weight excluding hydrogens is 1400 g/mol. The zero-order valence-corrected chi connectivity index (χ0v) is 72.8. The molecule has 0 aliphatic heterocycles. The molecule has 17 nitrogen and oxygen atoms in total. The molecular formula is C89H174O17P2. The van der Waals surface area contributed by atoms with Gasteiger partial charge in [0.25, 0.3) is 0 Å². The van der Waals surface area contributed by atoms with Crippen molar-refractivity contribution in [3.63, 3.8) is 0 Å². The first-order chi connectivity index (χ1) is 52.5. The first-order valence-corrected chi connectivity index (χ1v) is 49.1. The van der Waals surface area contributed by atoms with E-state index < -0.39 is 97.5 Å². The van der Waals surface area contributed by atoms with Crippen molar-refractivity contribution in [2.75, 3.05) is 39.6 Å². The maximum atomic E-state index is 13.2. The number of aliphatic hydroxyl groups excluding tert-OH is 1. The number of hydrogen-bond acceptors (Lipinski definition) is 15. The van der Waals surface area contributed by atoms with Crippen LogP contribution in [0.3, 0.4) is 0 Å². The molecule has 19 heteroatoms. The van der Waals surface area contributed by atoms with E-state index in [-0.39, 0.29) is 25.7 Å². The molecule has 108 heavy (non-hydrogen) atoms. The molecule has 0 aliphatic carbocycles. The second-order valence-electron chi connectivity index (χ2n) is 32.5. The van der Waals surface area contributed by atoms with Crippen LogP contribution < -0.4 is 0 Å². The van der Waals surface area contributed by atoms with Gasteiger partial charge in [-0.3, -0.25) is 37.3 Å². The van der Waals surface area contributed by atoms with Gasteiger partial charge in [0, 0.05) is 25.7 Å². The van der Waals surface area contributed by atoms with E-state index in [1.54, 1.807) is 0 Å². The number of carbonyl (C=O) groups excluding carboxylic acids is 4. The van der Waals surface area contributed by atoms with Crippen molar-refractivity contribution in [2.24, 2.45) is 5.92 Å². The fourth-order valence-corrected chi connectivity index (χ4v) is 15.6. The molecule has 0 amide bonds. The number of unbranched alkanes of at least 4 members (excludes halogenated alkanes) is 61. The third-order valence-corrected chi connectivity index (χ3v) is 22.9. The number of phosphoric ester groups is 2. The molecule has 642 valence electrons. The molecule has 3 N–H and O–H groups in total. The van der Waals surface area contributed by atoms with Crippen molar-refractivity contribution in [3.8, 4) is 0 Å². The lowest BCUT2D eigenvalue weighted by Gasteiger charge is -2.21. The monoisotopic (exact) mass is 1580 g/mol. The normalized spacial score (nSPS) is 13.7. The van der Waals surface area contributed by atoms with E-state index in [1.165, 1.54) is 308 Å². The Morgan fingerprint density at radius 2 is 0.426 bits per heavy atom. The van der Waals surface area contributed by atoms with E-state index in [0.29, 0.717) is 25.7 Å². The highest BCUT2D eigenvalue weighted by atomic mass is 31.2. The van der Waals surface area contributed by atoms with Crippen molar-refractivity contribution in [1.82, 2.24) is 0 Å². The van der Waals surface area contributed by atoms with Crippen LogP contribution in [0.15, 0.2) is 0 Å². The van der Waals surface area contributed by atoms with E-state index >= 15 is 0 Å². The maximum Gasteiger partial charge on any atom is 0.472 e. The minimum absolute atomic E-state index is 0.109. The first kappa shape index (κ1) is 106. The van der Waals surface area contributed by atoms with Gasteiger partial charge in [-0.25, -0.2) is 9.13 Å². The predicted molar refractivity (Wildman–Crippen MR) is 446 cm³/mol. The maximum absolute atomic E-state index is 13.2. The Hall–Kier alpha value is -1.94. The largest absolute Gasteiger partial charge is 0.472 e. The fraction of sp³-hybridized carbons (Fsp3) is 0.955. The van der Waals surface area contributed by atoms with Gasteiger partial charge < -0.3 is 33.8 Å². The minimum Gasteiger partial charge on any atom is -0.462 e. The van der Waals surface area contributed by atoms with Gasteiger partial charge in [0.1, 0.15) is 19.3 Å². The molecule has 0 radical (unpaired) electrons. The summed E-state index contributed by atoms with van der Waals surface area (Å²) in [4.78, 5) is 73.3. The van der Waals surface area contributed by atoms with Crippen LogP contribution in [0.5, 0.6) is 0 Å². The van der Waals surface area contributed by atoms with Gasteiger partial charge in [0.05, 0.1) is 26.4 Å². The molecule has 0 spiro atoms. The van der Waals surface area contributed by atoms with Gasteiger partial charge in [0.2, 0.25) is 0 Å². The van der Waals surface area contributed by atoms with Crippen LogP contribution in [0.25, 0.3) is 0 Å². The lowest BCUT2D eigenvalue weighted by Crippen LogP contribution is -2.30. The summed E-state index contributed by atoms with van der Waals surface area (Å²) in [7, 11) is -9.93. The number of carbonyl (C=O) groups is 4. The number of rotatable bonds is 89. The van der Waals surface area contributed by atoms with E-state index in [2.05, 4.69) is 34.6 Å². The summed E-state index contributed by atoms with van der Waals surface area (Å²) in [6, 6.07) is 0.